The monoisotopic (exact) mass is 424 g/mol. The van der Waals surface area contributed by atoms with E-state index in [-0.39, 0.29) is 22.4 Å². The van der Waals surface area contributed by atoms with Crippen LogP contribution in [0, 0.1) is 0 Å². The third-order valence-corrected chi connectivity index (χ3v) is 5.09. The molecule has 0 unspecified atom stereocenters. The van der Waals surface area contributed by atoms with Gasteiger partial charge in [-0.1, -0.05) is 6.07 Å². The van der Waals surface area contributed by atoms with Crippen LogP contribution in [0.1, 0.15) is 19.4 Å². The lowest BCUT2D eigenvalue weighted by Crippen LogP contribution is -2.32. The summed E-state index contributed by atoms with van der Waals surface area (Å²) >= 11 is 0. The van der Waals surface area contributed by atoms with E-state index in [0.717, 1.165) is 5.56 Å². The second-order valence-corrected chi connectivity index (χ2v) is 8.03. The first-order valence-corrected chi connectivity index (χ1v) is 10.8. The summed E-state index contributed by atoms with van der Waals surface area (Å²) in [6.07, 6.45) is 0.607. The zero-order chi connectivity index (χ0) is 21.4. The predicted molar refractivity (Wildman–Crippen MR) is 110 cm³/mol. The summed E-state index contributed by atoms with van der Waals surface area (Å²) in [4.78, 5) is -0.0242. The molecule has 0 fully saturated rings. The van der Waals surface area contributed by atoms with Crippen LogP contribution in [-0.2, 0) is 16.4 Å². The Balaban J connectivity index is 1.89. The van der Waals surface area contributed by atoms with Gasteiger partial charge in [0.2, 0.25) is 10.0 Å². The van der Waals surface area contributed by atoms with Crippen molar-refractivity contribution >= 4 is 10.0 Å². The number of aromatic hydroxyl groups is 1. The third kappa shape index (κ3) is 6.81. The summed E-state index contributed by atoms with van der Waals surface area (Å²) < 4.78 is 39.7. The molecule has 29 heavy (non-hydrogen) atoms. The summed E-state index contributed by atoms with van der Waals surface area (Å²) in [5.41, 5.74) is 0.827. The molecule has 1 atom stereocenters. The molecule has 0 aromatic heterocycles. The quantitative estimate of drug-likeness (QED) is 0.472. The summed E-state index contributed by atoms with van der Waals surface area (Å²) in [5.74, 6) is 1.40. The maximum Gasteiger partial charge on any atom is 0.241 e. The van der Waals surface area contributed by atoms with Crippen LogP contribution in [0.2, 0.25) is 0 Å². The van der Waals surface area contributed by atoms with Gasteiger partial charge in [-0.2, -0.15) is 0 Å². The zero-order valence-electron chi connectivity index (χ0n) is 16.8. The number of hydrogen-bond acceptors (Lipinski definition) is 7. The molecule has 0 aliphatic carbocycles. The van der Waals surface area contributed by atoms with Gasteiger partial charge in [-0.05, 0) is 50.1 Å². The fourth-order valence-electron chi connectivity index (χ4n) is 2.85. The van der Waals surface area contributed by atoms with Crippen LogP contribution in [0.15, 0.2) is 41.3 Å². The van der Waals surface area contributed by atoms with E-state index in [1.807, 2.05) is 19.9 Å². The van der Waals surface area contributed by atoms with Crippen molar-refractivity contribution in [1.29, 1.82) is 0 Å². The molecule has 0 radical (unpaired) electrons. The Morgan fingerprint density at radius 3 is 2.48 bits per heavy atom. The molecule has 0 aliphatic heterocycles. The Morgan fingerprint density at radius 1 is 1.10 bits per heavy atom. The fourth-order valence-corrected chi connectivity index (χ4v) is 3.59. The molecule has 0 saturated heterocycles. The van der Waals surface area contributed by atoms with Crippen molar-refractivity contribution in [1.82, 2.24) is 5.32 Å². The van der Waals surface area contributed by atoms with E-state index in [0.29, 0.717) is 37.7 Å². The Hall–Kier alpha value is -2.49. The highest BCUT2D eigenvalue weighted by molar-refractivity contribution is 7.89. The molecule has 2 aromatic rings. The highest BCUT2D eigenvalue weighted by Crippen LogP contribution is 2.31. The second kappa shape index (κ2) is 10.3. The highest BCUT2D eigenvalue weighted by atomic mass is 32.2. The van der Waals surface area contributed by atoms with Gasteiger partial charge in [0.1, 0.15) is 23.0 Å². The van der Waals surface area contributed by atoms with Gasteiger partial charge >= 0.3 is 0 Å². The average Bonchev–Trinajstić information content (AvgIpc) is 2.66. The Kier molecular flexibility index (Phi) is 8.12. The summed E-state index contributed by atoms with van der Waals surface area (Å²) in [5, 5.41) is 18.1. The molecule has 160 valence electrons. The molecular formula is C20H28N2O6S. The second-order valence-electron chi connectivity index (χ2n) is 6.50. The first-order chi connectivity index (χ1) is 13.7. The largest absolute Gasteiger partial charge is 0.508 e. The van der Waals surface area contributed by atoms with Crippen molar-refractivity contribution in [3.63, 3.8) is 0 Å². The molecule has 4 N–H and O–H groups in total. The van der Waals surface area contributed by atoms with E-state index >= 15 is 0 Å². The van der Waals surface area contributed by atoms with E-state index in [9.17, 15) is 13.5 Å². The molecule has 0 bridgehead atoms. The molecule has 0 heterocycles. The lowest BCUT2D eigenvalue weighted by Gasteiger charge is -2.16. The Morgan fingerprint density at radius 2 is 1.83 bits per heavy atom. The number of ether oxygens (including phenoxy) is 3. The predicted octanol–water partition coefficient (Wildman–Crippen LogP) is 2.05. The van der Waals surface area contributed by atoms with E-state index < -0.39 is 10.0 Å². The van der Waals surface area contributed by atoms with Gasteiger partial charge < -0.3 is 24.6 Å². The van der Waals surface area contributed by atoms with Gasteiger partial charge in [-0.25, -0.2) is 13.6 Å². The fraction of sp³-hybridized carbons (Fsp3) is 0.400. The van der Waals surface area contributed by atoms with Gasteiger partial charge in [0.05, 0.1) is 13.7 Å². The lowest BCUT2D eigenvalue weighted by molar-refractivity contribution is 0.271. The Labute approximate surface area is 171 Å². The standard InChI is InChI=1S/C20H28N2O6S/c1-4-27-19-13-16(23)6-8-17(19)28-10-9-22-14(2)11-15-5-7-18(26-3)20(12-15)29(21,24)25/h5-8,12-14,22-23H,4,9-11H2,1-3H3,(H2,21,24,25)/t14-/m1/s1. The molecule has 0 spiro atoms. The van der Waals surface area contributed by atoms with Gasteiger partial charge in [0.15, 0.2) is 11.5 Å². The van der Waals surface area contributed by atoms with Crippen molar-refractivity contribution in [2.75, 3.05) is 26.9 Å². The smallest absolute Gasteiger partial charge is 0.241 e. The van der Waals surface area contributed by atoms with Crippen LogP contribution in [0.4, 0.5) is 0 Å². The lowest BCUT2D eigenvalue weighted by atomic mass is 10.1. The third-order valence-electron chi connectivity index (χ3n) is 4.16. The summed E-state index contributed by atoms with van der Waals surface area (Å²) in [7, 11) is -2.46. The first kappa shape index (κ1) is 22.8. The number of phenols is 1. The van der Waals surface area contributed by atoms with Crippen LogP contribution < -0.4 is 24.7 Å². The van der Waals surface area contributed by atoms with E-state index in [4.69, 9.17) is 19.3 Å². The van der Waals surface area contributed by atoms with Crippen LogP contribution >= 0.6 is 0 Å². The number of rotatable bonds is 11. The van der Waals surface area contributed by atoms with E-state index in [2.05, 4.69) is 5.32 Å². The maximum absolute atomic E-state index is 11.7. The number of sulfonamides is 1. The minimum atomic E-state index is -3.86. The number of nitrogens with one attached hydrogen (secondary N) is 1. The van der Waals surface area contributed by atoms with Crippen molar-refractivity contribution in [3.05, 3.63) is 42.0 Å². The highest BCUT2D eigenvalue weighted by Gasteiger charge is 2.16. The topological polar surface area (TPSA) is 120 Å². The van der Waals surface area contributed by atoms with Crippen LogP contribution in [0.25, 0.3) is 0 Å². The van der Waals surface area contributed by atoms with Crippen molar-refractivity contribution in [2.24, 2.45) is 5.14 Å². The average molecular weight is 425 g/mol. The molecule has 2 aromatic carbocycles. The van der Waals surface area contributed by atoms with Crippen LogP contribution in [0.5, 0.6) is 23.0 Å². The number of benzene rings is 2. The van der Waals surface area contributed by atoms with Gasteiger partial charge in [-0.15, -0.1) is 0 Å². The normalized spacial score (nSPS) is 12.4. The molecule has 8 nitrogen and oxygen atoms in total. The van der Waals surface area contributed by atoms with Gasteiger partial charge in [0, 0.05) is 18.7 Å². The minimum Gasteiger partial charge on any atom is -0.508 e. The van der Waals surface area contributed by atoms with Crippen molar-refractivity contribution in [2.45, 2.75) is 31.2 Å². The molecule has 0 aliphatic rings. The molecule has 9 heteroatoms. The van der Waals surface area contributed by atoms with Gasteiger partial charge in [0.25, 0.3) is 0 Å². The number of hydrogen-bond donors (Lipinski definition) is 3. The van der Waals surface area contributed by atoms with Crippen molar-refractivity contribution in [3.8, 4) is 23.0 Å². The van der Waals surface area contributed by atoms with E-state index in [1.165, 1.54) is 19.2 Å². The molecule has 0 amide bonds. The molecular weight excluding hydrogens is 396 g/mol. The van der Waals surface area contributed by atoms with Gasteiger partial charge in [-0.3, -0.25) is 0 Å². The molecule has 0 saturated carbocycles. The van der Waals surface area contributed by atoms with Crippen molar-refractivity contribution < 1.29 is 27.7 Å². The SMILES string of the molecule is CCOc1cc(O)ccc1OCCN[C@H](C)Cc1ccc(OC)c(S(N)(=O)=O)c1. The first-order valence-electron chi connectivity index (χ1n) is 9.26. The Bertz CT molecular complexity index is 917. The summed E-state index contributed by atoms with van der Waals surface area (Å²) in [6, 6.07) is 9.75. The van der Waals surface area contributed by atoms with Crippen LogP contribution in [0.3, 0.4) is 0 Å². The van der Waals surface area contributed by atoms with E-state index in [1.54, 1.807) is 18.2 Å². The number of methoxy groups -OCH3 is 1. The number of phenolic OH excluding ortho intramolecular Hbond substituents is 1. The van der Waals surface area contributed by atoms with Crippen LogP contribution in [-0.4, -0.2) is 46.4 Å². The number of nitrogens with two attached hydrogens (primary N) is 1. The molecule has 2 rings (SSSR count). The number of primary sulfonamides is 1. The summed E-state index contributed by atoms with van der Waals surface area (Å²) in [6.45, 7) is 5.30. The maximum atomic E-state index is 11.7. The minimum absolute atomic E-state index is 0.0242. The zero-order valence-corrected chi connectivity index (χ0v) is 17.7.